The van der Waals surface area contributed by atoms with E-state index in [1.165, 1.54) is 38.3 Å². The summed E-state index contributed by atoms with van der Waals surface area (Å²) < 4.78 is 4.54. The Labute approximate surface area is 135 Å². The maximum Gasteiger partial charge on any atom is 0.328 e. The molecule has 22 heavy (non-hydrogen) atoms. The Bertz CT molecular complexity index is 688. The van der Waals surface area contributed by atoms with E-state index >= 15 is 0 Å². The lowest BCUT2D eigenvalue weighted by molar-refractivity contribution is -0.148. The molecule has 116 valence electrons. The molecule has 0 unspecified atom stereocenters. The van der Waals surface area contributed by atoms with Gasteiger partial charge in [0.2, 0.25) is 0 Å². The van der Waals surface area contributed by atoms with E-state index in [9.17, 15) is 19.5 Å². The van der Waals surface area contributed by atoms with Crippen LogP contribution in [0.25, 0.3) is 6.08 Å². The minimum atomic E-state index is -1.02. The highest BCUT2D eigenvalue weighted by atomic mass is 35.5. The highest BCUT2D eigenvalue weighted by Crippen LogP contribution is 2.35. The molecule has 1 aliphatic heterocycles. The van der Waals surface area contributed by atoms with Crippen molar-refractivity contribution in [1.29, 1.82) is 0 Å². The quantitative estimate of drug-likeness (QED) is 0.672. The van der Waals surface area contributed by atoms with Crippen molar-refractivity contribution in [2.75, 3.05) is 7.11 Å². The van der Waals surface area contributed by atoms with Crippen LogP contribution < -0.4 is 0 Å². The number of hydrogen-bond donors (Lipinski definition) is 1. The van der Waals surface area contributed by atoms with Crippen LogP contribution in [0.5, 0.6) is 5.75 Å². The lowest BCUT2D eigenvalue weighted by Gasteiger charge is -2.18. The average Bonchev–Trinajstić information content (AvgIpc) is 2.75. The highest BCUT2D eigenvalue weighted by Gasteiger charge is 2.41. The second-order valence-corrected chi connectivity index (χ2v) is 5.88. The maximum absolute atomic E-state index is 12.3. The molecule has 2 rings (SSSR count). The van der Waals surface area contributed by atoms with Gasteiger partial charge in [-0.05, 0) is 43.0 Å². The van der Waals surface area contributed by atoms with Crippen LogP contribution in [-0.2, 0) is 14.3 Å². The summed E-state index contributed by atoms with van der Waals surface area (Å²) in [6, 6.07) is 3.33. The number of rotatable bonds is 3. The molecule has 2 amide bonds. The summed E-state index contributed by atoms with van der Waals surface area (Å²) in [5.74, 6) is -1.38. The molecule has 1 fully saturated rings. The van der Waals surface area contributed by atoms with E-state index in [4.69, 9.17) is 11.6 Å². The second kappa shape index (κ2) is 6.41. The Hall–Kier alpha value is -1.99. The van der Waals surface area contributed by atoms with E-state index in [1.54, 1.807) is 0 Å². The smallest absolute Gasteiger partial charge is 0.328 e. The fraction of sp³-hybridized carbons (Fsp3) is 0.214. The largest absolute Gasteiger partial charge is 0.507 e. The van der Waals surface area contributed by atoms with Crippen molar-refractivity contribution < 1.29 is 24.2 Å². The summed E-state index contributed by atoms with van der Waals surface area (Å²) in [5.41, 5.74) is 0.309. The van der Waals surface area contributed by atoms with Gasteiger partial charge in [-0.1, -0.05) is 11.6 Å². The third kappa shape index (κ3) is 3.10. The lowest BCUT2D eigenvalue weighted by Crippen LogP contribution is -2.42. The lowest BCUT2D eigenvalue weighted by atomic mass is 10.2. The Morgan fingerprint density at radius 3 is 2.77 bits per heavy atom. The zero-order valence-corrected chi connectivity index (χ0v) is 13.3. The van der Waals surface area contributed by atoms with Crippen molar-refractivity contribution in [3.05, 3.63) is 33.7 Å². The fourth-order valence-electron chi connectivity index (χ4n) is 1.87. The number of methoxy groups -OCH3 is 1. The number of thioether (sulfide) groups is 1. The van der Waals surface area contributed by atoms with Crippen LogP contribution in [-0.4, -0.2) is 40.3 Å². The van der Waals surface area contributed by atoms with Crippen LogP contribution in [0.3, 0.4) is 0 Å². The first-order chi connectivity index (χ1) is 10.3. The summed E-state index contributed by atoms with van der Waals surface area (Å²) in [6.07, 6.45) is 1.36. The van der Waals surface area contributed by atoms with Gasteiger partial charge in [-0.25, -0.2) is 4.79 Å². The molecular weight excluding hydrogens is 330 g/mol. The number of aromatic hydroxyl groups is 1. The minimum absolute atomic E-state index is 0.0720. The summed E-state index contributed by atoms with van der Waals surface area (Å²) >= 11 is 6.52. The van der Waals surface area contributed by atoms with E-state index in [0.717, 1.165) is 4.90 Å². The molecule has 1 aromatic rings. The number of phenolic OH excluding ortho intramolecular Hbond substituents is 1. The van der Waals surface area contributed by atoms with Gasteiger partial charge in [-0.2, -0.15) is 0 Å². The third-order valence-corrected chi connectivity index (χ3v) is 4.15. The summed E-state index contributed by atoms with van der Waals surface area (Å²) in [5, 5.41) is 9.56. The van der Waals surface area contributed by atoms with E-state index in [-0.39, 0.29) is 10.7 Å². The Morgan fingerprint density at radius 2 is 2.14 bits per heavy atom. The van der Waals surface area contributed by atoms with Gasteiger partial charge in [-0.15, -0.1) is 0 Å². The first kappa shape index (κ1) is 16.4. The van der Waals surface area contributed by atoms with Gasteiger partial charge < -0.3 is 9.84 Å². The van der Waals surface area contributed by atoms with Crippen LogP contribution in [0.2, 0.25) is 5.02 Å². The molecule has 1 atom stereocenters. The van der Waals surface area contributed by atoms with Crippen LogP contribution in [0.15, 0.2) is 23.1 Å². The minimum Gasteiger partial charge on any atom is -0.507 e. The number of halogens is 1. The Balaban J connectivity index is 2.33. The Morgan fingerprint density at radius 1 is 1.45 bits per heavy atom. The van der Waals surface area contributed by atoms with Crippen LogP contribution in [0, 0.1) is 0 Å². The number of imide groups is 1. The summed E-state index contributed by atoms with van der Waals surface area (Å²) in [4.78, 5) is 36.6. The number of carbonyl (C=O) groups is 3. The van der Waals surface area contributed by atoms with Crippen molar-refractivity contribution in [2.45, 2.75) is 13.0 Å². The molecule has 1 N–H and O–H groups in total. The zero-order chi connectivity index (χ0) is 16.4. The van der Waals surface area contributed by atoms with Crippen LogP contribution in [0.1, 0.15) is 12.5 Å². The molecule has 0 aliphatic carbocycles. The van der Waals surface area contributed by atoms with Crippen molar-refractivity contribution in [3.63, 3.8) is 0 Å². The fourth-order valence-corrected chi connectivity index (χ4v) is 2.95. The Kier molecular flexibility index (Phi) is 4.77. The summed E-state index contributed by atoms with van der Waals surface area (Å²) in [6.45, 7) is 1.40. The highest BCUT2D eigenvalue weighted by molar-refractivity contribution is 8.18. The summed E-state index contributed by atoms with van der Waals surface area (Å²) in [7, 11) is 1.18. The van der Waals surface area contributed by atoms with Gasteiger partial charge >= 0.3 is 5.97 Å². The topological polar surface area (TPSA) is 83.9 Å². The predicted molar refractivity (Wildman–Crippen MR) is 82.4 cm³/mol. The molecule has 0 radical (unpaired) electrons. The van der Waals surface area contributed by atoms with Crippen molar-refractivity contribution >= 4 is 46.6 Å². The molecule has 1 aliphatic rings. The number of carbonyl (C=O) groups excluding carboxylic acids is 3. The van der Waals surface area contributed by atoms with Gasteiger partial charge in [-0.3, -0.25) is 14.5 Å². The van der Waals surface area contributed by atoms with Crippen molar-refractivity contribution in [1.82, 2.24) is 4.90 Å². The number of esters is 1. The SMILES string of the molecule is COC(=O)[C@@H](C)N1C(=O)S/C(=C/c2cc(Cl)ccc2O)C1=O. The first-order valence-corrected chi connectivity index (χ1v) is 7.38. The molecule has 0 aromatic heterocycles. The number of nitrogens with zero attached hydrogens (tertiary/aromatic N) is 1. The number of benzene rings is 1. The standard InChI is InChI=1S/C14H12ClNO5S/c1-7(13(19)21-2)16-12(18)11(22-14(16)20)6-8-5-9(15)3-4-10(8)17/h3-7,17H,1-2H3/b11-6+/t7-/m1/s1. The predicted octanol–water partition coefficient (Wildman–Crippen LogP) is 2.64. The number of hydrogen-bond acceptors (Lipinski definition) is 6. The third-order valence-electron chi connectivity index (χ3n) is 3.03. The average molecular weight is 342 g/mol. The maximum atomic E-state index is 12.3. The monoisotopic (exact) mass is 341 g/mol. The van der Waals surface area contributed by atoms with Gasteiger partial charge in [0.15, 0.2) is 0 Å². The van der Waals surface area contributed by atoms with E-state index < -0.39 is 23.2 Å². The molecule has 1 aromatic carbocycles. The van der Waals surface area contributed by atoms with E-state index in [1.807, 2.05) is 0 Å². The molecule has 0 bridgehead atoms. The van der Waals surface area contributed by atoms with Crippen molar-refractivity contribution in [2.24, 2.45) is 0 Å². The van der Waals surface area contributed by atoms with Gasteiger partial charge in [0.05, 0.1) is 12.0 Å². The molecule has 6 nitrogen and oxygen atoms in total. The first-order valence-electron chi connectivity index (χ1n) is 6.18. The van der Waals surface area contributed by atoms with Gasteiger partial charge in [0.1, 0.15) is 11.8 Å². The molecule has 0 spiro atoms. The molecule has 1 heterocycles. The van der Waals surface area contributed by atoms with E-state index in [2.05, 4.69) is 4.74 Å². The number of ether oxygens (including phenoxy) is 1. The van der Waals surface area contributed by atoms with Crippen LogP contribution in [0.4, 0.5) is 4.79 Å². The zero-order valence-electron chi connectivity index (χ0n) is 11.7. The van der Waals surface area contributed by atoms with Gasteiger partial charge in [0, 0.05) is 10.6 Å². The normalized spacial score (nSPS) is 18.0. The number of phenols is 1. The number of amides is 2. The molecule has 8 heteroatoms. The van der Waals surface area contributed by atoms with Gasteiger partial charge in [0.25, 0.3) is 11.1 Å². The molecule has 0 saturated carbocycles. The van der Waals surface area contributed by atoms with E-state index in [0.29, 0.717) is 22.3 Å². The van der Waals surface area contributed by atoms with Crippen molar-refractivity contribution in [3.8, 4) is 5.75 Å². The van der Waals surface area contributed by atoms with Crippen LogP contribution >= 0.6 is 23.4 Å². The second-order valence-electron chi connectivity index (χ2n) is 4.45. The molecule has 1 saturated heterocycles. The molecular formula is C14H12ClNO5S.